The van der Waals surface area contributed by atoms with Gasteiger partial charge in [-0.25, -0.2) is 0 Å². The molecule has 0 amide bonds. The lowest BCUT2D eigenvalue weighted by Gasteiger charge is -2.29. The normalized spacial score (nSPS) is 30.1. The fourth-order valence-corrected chi connectivity index (χ4v) is 3.19. The van der Waals surface area contributed by atoms with Crippen molar-refractivity contribution in [2.24, 2.45) is 5.41 Å². The predicted octanol–water partition coefficient (Wildman–Crippen LogP) is 3.79. The first kappa shape index (κ1) is 11.1. The molecule has 0 aromatic carbocycles. The molecule has 2 aliphatic rings. The highest BCUT2D eigenvalue weighted by Gasteiger charge is 2.32. The summed E-state index contributed by atoms with van der Waals surface area (Å²) in [7, 11) is 0. The first-order chi connectivity index (χ1) is 7.00. The molecular weight excluding hydrogens is 252 g/mol. The molecule has 82 valence electrons. The van der Waals surface area contributed by atoms with Crippen molar-refractivity contribution in [3.05, 3.63) is 23.3 Å². The molecule has 1 atom stereocenters. The van der Waals surface area contributed by atoms with E-state index < -0.39 is 0 Å². The Morgan fingerprint density at radius 2 is 2.20 bits per heavy atom. The van der Waals surface area contributed by atoms with Crippen LogP contribution in [0.2, 0.25) is 0 Å². The van der Waals surface area contributed by atoms with Gasteiger partial charge < -0.3 is 0 Å². The number of hydrogen-bond acceptors (Lipinski definition) is 1. The molecule has 0 aliphatic heterocycles. The maximum atomic E-state index is 11.8. The third-order valence-electron chi connectivity index (χ3n) is 3.46. The lowest BCUT2D eigenvalue weighted by molar-refractivity contribution is -0.111. The number of rotatable bonds is 0. The molecule has 2 rings (SSSR count). The largest absolute Gasteiger partial charge is 0.290 e. The average Bonchev–Trinajstić information content (AvgIpc) is 2.35. The zero-order valence-corrected chi connectivity index (χ0v) is 10.9. The first-order valence-electron chi connectivity index (χ1n) is 5.61. The van der Waals surface area contributed by atoms with E-state index in [1.807, 2.05) is 0 Å². The molecule has 1 nitrogen and oxygen atoms in total. The van der Waals surface area contributed by atoms with Crippen molar-refractivity contribution in [3.63, 3.8) is 0 Å². The molecule has 0 saturated carbocycles. The van der Waals surface area contributed by atoms with Crippen LogP contribution >= 0.6 is 15.9 Å². The van der Waals surface area contributed by atoms with Gasteiger partial charge in [0.25, 0.3) is 0 Å². The number of hydrogen-bond donors (Lipinski definition) is 0. The maximum absolute atomic E-state index is 11.8. The van der Waals surface area contributed by atoms with Gasteiger partial charge in [0.2, 0.25) is 0 Å². The molecule has 15 heavy (non-hydrogen) atoms. The third kappa shape index (κ3) is 2.10. The van der Waals surface area contributed by atoms with Gasteiger partial charge in [-0.05, 0) is 31.8 Å². The van der Waals surface area contributed by atoms with Crippen LogP contribution in [0, 0.1) is 5.41 Å². The van der Waals surface area contributed by atoms with Crippen LogP contribution in [0.3, 0.4) is 0 Å². The molecule has 2 aliphatic carbocycles. The monoisotopic (exact) mass is 268 g/mol. The van der Waals surface area contributed by atoms with Gasteiger partial charge in [0.1, 0.15) is 0 Å². The van der Waals surface area contributed by atoms with E-state index in [2.05, 4.69) is 35.9 Å². The molecule has 0 bridgehead atoms. The van der Waals surface area contributed by atoms with Crippen molar-refractivity contribution < 1.29 is 4.79 Å². The van der Waals surface area contributed by atoms with E-state index in [1.165, 1.54) is 18.4 Å². The SMILES string of the molecule is CC1(C)C=CC(=O)C2=C1CCCC(Br)C2. The Hall–Kier alpha value is -0.370. The number of ketones is 1. The van der Waals surface area contributed by atoms with Gasteiger partial charge in [-0.2, -0.15) is 0 Å². The van der Waals surface area contributed by atoms with Gasteiger partial charge in [-0.3, -0.25) is 4.79 Å². The number of allylic oxidation sites excluding steroid dienone is 4. The fraction of sp³-hybridized carbons (Fsp3) is 0.615. The van der Waals surface area contributed by atoms with E-state index in [4.69, 9.17) is 0 Å². The van der Waals surface area contributed by atoms with Gasteiger partial charge in [0.15, 0.2) is 5.78 Å². The van der Waals surface area contributed by atoms with Gasteiger partial charge >= 0.3 is 0 Å². The second-order valence-corrected chi connectivity index (χ2v) is 6.36. The summed E-state index contributed by atoms with van der Waals surface area (Å²) in [6.45, 7) is 4.42. The molecule has 0 aromatic heterocycles. The Kier molecular flexibility index (Phi) is 2.89. The molecule has 0 saturated heterocycles. The van der Waals surface area contributed by atoms with Crippen molar-refractivity contribution in [3.8, 4) is 0 Å². The minimum Gasteiger partial charge on any atom is -0.290 e. The van der Waals surface area contributed by atoms with Crippen LogP contribution in [0.25, 0.3) is 0 Å². The number of carbonyl (C=O) groups is 1. The van der Waals surface area contributed by atoms with Gasteiger partial charge in [-0.1, -0.05) is 41.4 Å². The standard InChI is InChI=1S/C13H17BrO/c1-13(2)7-6-12(15)10-8-9(14)4-3-5-11(10)13/h6-7,9H,3-5,8H2,1-2H3. The Balaban J connectivity index is 2.41. The van der Waals surface area contributed by atoms with Crippen LogP contribution < -0.4 is 0 Å². The molecule has 0 aromatic rings. The maximum Gasteiger partial charge on any atom is 0.181 e. The molecule has 1 unspecified atom stereocenters. The quantitative estimate of drug-likeness (QED) is 0.611. The Bertz CT molecular complexity index is 350. The summed E-state index contributed by atoms with van der Waals surface area (Å²) in [5, 5.41) is 0. The fourth-order valence-electron chi connectivity index (χ4n) is 2.54. The number of alkyl halides is 1. The molecule has 0 fully saturated rings. The second kappa shape index (κ2) is 3.89. The molecule has 0 radical (unpaired) electrons. The Morgan fingerprint density at radius 1 is 1.47 bits per heavy atom. The second-order valence-electron chi connectivity index (χ2n) is 5.07. The highest BCUT2D eigenvalue weighted by Crippen LogP contribution is 2.41. The van der Waals surface area contributed by atoms with Gasteiger partial charge in [0.05, 0.1) is 0 Å². The lowest BCUT2D eigenvalue weighted by atomic mass is 9.75. The van der Waals surface area contributed by atoms with Crippen LogP contribution in [-0.2, 0) is 4.79 Å². The summed E-state index contributed by atoms with van der Waals surface area (Å²) in [6, 6.07) is 0. The summed E-state index contributed by atoms with van der Waals surface area (Å²) < 4.78 is 0. The van der Waals surface area contributed by atoms with E-state index in [0.29, 0.717) is 4.83 Å². The van der Waals surface area contributed by atoms with Crippen molar-refractivity contribution in [1.29, 1.82) is 0 Å². The molecule has 0 spiro atoms. The van der Waals surface area contributed by atoms with E-state index >= 15 is 0 Å². The van der Waals surface area contributed by atoms with Crippen LogP contribution in [0.1, 0.15) is 39.5 Å². The predicted molar refractivity (Wildman–Crippen MR) is 66.1 cm³/mol. The van der Waals surface area contributed by atoms with Crippen molar-refractivity contribution in [2.75, 3.05) is 0 Å². The zero-order chi connectivity index (χ0) is 11.1. The van der Waals surface area contributed by atoms with E-state index in [-0.39, 0.29) is 11.2 Å². The summed E-state index contributed by atoms with van der Waals surface area (Å²) >= 11 is 3.65. The third-order valence-corrected chi connectivity index (χ3v) is 4.24. The summed E-state index contributed by atoms with van der Waals surface area (Å²) in [4.78, 5) is 12.3. The lowest BCUT2D eigenvalue weighted by Crippen LogP contribution is -2.21. The molecule has 2 heteroatoms. The Labute approximate surface area is 99.8 Å². The Morgan fingerprint density at radius 3 is 2.93 bits per heavy atom. The van der Waals surface area contributed by atoms with Crippen LogP contribution in [-0.4, -0.2) is 10.6 Å². The molecule has 0 heterocycles. The minimum absolute atomic E-state index is 0.0836. The zero-order valence-electron chi connectivity index (χ0n) is 9.35. The van der Waals surface area contributed by atoms with Gasteiger partial charge in [0, 0.05) is 15.8 Å². The molecular formula is C13H17BrO. The number of halogens is 1. The van der Waals surface area contributed by atoms with Crippen molar-refractivity contribution in [2.45, 2.75) is 44.4 Å². The minimum atomic E-state index is 0.0836. The summed E-state index contributed by atoms with van der Waals surface area (Å²) in [5.41, 5.74) is 2.53. The highest BCUT2D eigenvalue weighted by atomic mass is 79.9. The van der Waals surface area contributed by atoms with E-state index in [1.54, 1.807) is 6.08 Å². The average molecular weight is 269 g/mol. The van der Waals surface area contributed by atoms with E-state index in [9.17, 15) is 4.79 Å². The number of carbonyl (C=O) groups excluding carboxylic acids is 1. The van der Waals surface area contributed by atoms with Crippen molar-refractivity contribution >= 4 is 21.7 Å². The van der Waals surface area contributed by atoms with Crippen LogP contribution in [0.5, 0.6) is 0 Å². The summed E-state index contributed by atoms with van der Waals surface area (Å²) in [6.07, 6.45) is 8.17. The summed E-state index contributed by atoms with van der Waals surface area (Å²) in [5.74, 6) is 0.232. The highest BCUT2D eigenvalue weighted by molar-refractivity contribution is 9.09. The molecule has 0 N–H and O–H groups in total. The smallest absolute Gasteiger partial charge is 0.181 e. The van der Waals surface area contributed by atoms with Crippen molar-refractivity contribution in [1.82, 2.24) is 0 Å². The topological polar surface area (TPSA) is 17.1 Å². The van der Waals surface area contributed by atoms with Gasteiger partial charge in [-0.15, -0.1) is 0 Å². The first-order valence-corrected chi connectivity index (χ1v) is 6.52. The van der Waals surface area contributed by atoms with E-state index in [0.717, 1.165) is 18.4 Å². The van der Waals surface area contributed by atoms with Crippen LogP contribution in [0.4, 0.5) is 0 Å². The van der Waals surface area contributed by atoms with Crippen LogP contribution in [0.15, 0.2) is 23.3 Å².